The number of hydrogen-bond acceptors (Lipinski definition) is 5. The van der Waals surface area contributed by atoms with E-state index in [2.05, 4.69) is 0 Å². The van der Waals surface area contributed by atoms with Crippen LogP contribution in [0.1, 0.15) is 29.8 Å². The second kappa shape index (κ2) is 7.48. The van der Waals surface area contributed by atoms with Crippen LogP contribution in [0.15, 0.2) is 74.7 Å². The largest absolute Gasteiger partial charge is 0.506 e. The van der Waals surface area contributed by atoms with Gasteiger partial charge in [0.25, 0.3) is 5.56 Å². The molecule has 0 unspecified atom stereocenters. The lowest BCUT2D eigenvalue weighted by atomic mass is 9.99. The van der Waals surface area contributed by atoms with E-state index in [0.717, 1.165) is 12.5 Å². The highest BCUT2D eigenvalue weighted by Crippen LogP contribution is 2.34. The van der Waals surface area contributed by atoms with E-state index in [1.807, 2.05) is 43.3 Å². The van der Waals surface area contributed by atoms with E-state index in [1.54, 1.807) is 24.3 Å². The highest BCUT2D eigenvalue weighted by atomic mass is 16.4. The monoisotopic (exact) mass is 401 g/mol. The minimum absolute atomic E-state index is 0.000958. The Kier molecular flexibility index (Phi) is 4.83. The molecule has 0 atom stereocenters. The lowest BCUT2D eigenvalue weighted by Crippen LogP contribution is -2.24. The van der Waals surface area contributed by atoms with Gasteiger partial charge in [0.2, 0.25) is 0 Å². The van der Waals surface area contributed by atoms with Gasteiger partial charge >= 0.3 is 5.63 Å². The molecule has 0 bridgehead atoms. The number of carbonyl (C=O) groups is 1. The zero-order chi connectivity index (χ0) is 21.4. The average Bonchev–Trinajstić information content (AvgIpc) is 2.74. The molecule has 0 aliphatic carbocycles. The molecule has 0 saturated carbocycles. The Morgan fingerprint density at radius 1 is 1.00 bits per heavy atom. The molecule has 4 aromatic rings. The Balaban J connectivity index is 2.31. The van der Waals surface area contributed by atoms with Gasteiger partial charge in [-0.3, -0.25) is 14.2 Å². The summed E-state index contributed by atoms with van der Waals surface area (Å²) in [5, 5.41) is 10.6. The van der Waals surface area contributed by atoms with Gasteiger partial charge in [-0.2, -0.15) is 0 Å². The summed E-state index contributed by atoms with van der Waals surface area (Å²) >= 11 is 0. The van der Waals surface area contributed by atoms with Crippen LogP contribution in [0.3, 0.4) is 0 Å². The van der Waals surface area contributed by atoms with E-state index >= 15 is 0 Å². The molecule has 0 spiro atoms. The third kappa shape index (κ3) is 2.93. The minimum atomic E-state index is -0.960. The van der Waals surface area contributed by atoms with Crippen LogP contribution in [-0.2, 0) is 6.42 Å². The fourth-order valence-electron chi connectivity index (χ4n) is 3.75. The molecule has 0 radical (unpaired) electrons. The van der Waals surface area contributed by atoms with Crippen molar-refractivity contribution in [2.24, 2.45) is 0 Å². The zero-order valence-electron chi connectivity index (χ0n) is 16.5. The molecule has 2 heterocycles. The van der Waals surface area contributed by atoms with Gasteiger partial charge in [0.1, 0.15) is 16.7 Å². The Morgan fingerprint density at radius 3 is 2.17 bits per heavy atom. The number of pyridine rings is 1. The van der Waals surface area contributed by atoms with Crippen LogP contribution in [0.25, 0.3) is 27.9 Å². The van der Waals surface area contributed by atoms with Gasteiger partial charge in [-0.15, -0.1) is 0 Å². The highest BCUT2D eigenvalue weighted by molar-refractivity contribution is 6.02. The topological polar surface area (TPSA) is 89.5 Å². The number of Topliss-reactive ketones (excluding diaryl/α,β-unsaturated/α-hetero) is 1. The van der Waals surface area contributed by atoms with Crippen molar-refractivity contribution in [1.29, 1.82) is 0 Å². The fourth-order valence-corrected chi connectivity index (χ4v) is 3.75. The molecule has 1 N–H and O–H groups in total. The Bertz CT molecular complexity index is 1380. The summed E-state index contributed by atoms with van der Waals surface area (Å²) in [6.45, 7) is 3.02. The van der Waals surface area contributed by atoms with E-state index < -0.39 is 28.3 Å². The quantitative estimate of drug-likeness (QED) is 0.521. The maximum Gasteiger partial charge on any atom is 0.351 e. The molecule has 6 nitrogen and oxygen atoms in total. The molecular formula is C24H19NO5. The molecule has 0 aliphatic heterocycles. The second-order valence-corrected chi connectivity index (χ2v) is 6.90. The molecular weight excluding hydrogens is 382 g/mol. The zero-order valence-corrected chi connectivity index (χ0v) is 16.5. The van der Waals surface area contributed by atoms with Crippen molar-refractivity contribution < 1.29 is 14.3 Å². The van der Waals surface area contributed by atoms with Crippen LogP contribution < -0.4 is 11.2 Å². The van der Waals surface area contributed by atoms with E-state index in [4.69, 9.17) is 4.42 Å². The number of aromatic hydroxyl groups is 1. The molecule has 6 heteroatoms. The molecule has 4 rings (SSSR count). The van der Waals surface area contributed by atoms with Gasteiger partial charge in [0, 0.05) is 11.3 Å². The van der Waals surface area contributed by atoms with Crippen molar-refractivity contribution in [3.8, 4) is 22.7 Å². The van der Waals surface area contributed by atoms with Crippen molar-refractivity contribution >= 4 is 16.8 Å². The first-order valence-corrected chi connectivity index (χ1v) is 9.55. The minimum Gasteiger partial charge on any atom is -0.506 e. The van der Waals surface area contributed by atoms with Crippen molar-refractivity contribution in [2.45, 2.75) is 20.3 Å². The number of aryl methyl sites for hydroxylation is 1. The van der Waals surface area contributed by atoms with Gasteiger partial charge in [0.05, 0.1) is 5.69 Å². The van der Waals surface area contributed by atoms with Gasteiger partial charge in [-0.05, 0) is 31.0 Å². The summed E-state index contributed by atoms with van der Waals surface area (Å²) < 4.78 is 6.93. The lowest BCUT2D eigenvalue weighted by Gasteiger charge is -2.19. The van der Waals surface area contributed by atoms with Gasteiger partial charge in [-0.25, -0.2) is 4.79 Å². The molecule has 30 heavy (non-hydrogen) atoms. The number of fused-ring (bicyclic) bond motifs is 1. The summed E-state index contributed by atoms with van der Waals surface area (Å²) in [4.78, 5) is 38.0. The first-order chi connectivity index (χ1) is 14.5. The van der Waals surface area contributed by atoms with Crippen molar-refractivity contribution in [2.75, 3.05) is 0 Å². The van der Waals surface area contributed by atoms with E-state index in [1.165, 1.54) is 4.57 Å². The number of nitrogens with zero attached hydrogens (tertiary/aromatic N) is 1. The number of rotatable bonds is 4. The Morgan fingerprint density at radius 2 is 1.60 bits per heavy atom. The summed E-state index contributed by atoms with van der Waals surface area (Å²) in [5.41, 5.74) is 0.453. The van der Waals surface area contributed by atoms with Gasteiger partial charge in [-0.1, -0.05) is 55.5 Å². The third-order valence-corrected chi connectivity index (χ3v) is 5.07. The first kappa shape index (κ1) is 19.4. The maximum atomic E-state index is 13.6. The molecule has 0 amide bonds. The highest BCUT2D eigenvalue weighted by Gasteiger charge is 2.26. The second-order valence-electron chi connectivity index (χ2n) is 6.90. The van der Waals surface area contributed by atoms with Crippen LogP contribution in [-0.4, -0.2) is 15.5 Å². The number of hydrogen-bond donors (Lipinski definition) is 1. The fraction of sp³-hybridized carbons (Fsp3) is 0.125. The van der Waals surface area contributed by atoms with E-state index in [0.29, 0.717) is 23.4 Å². The maximum absolute atomic E-state index is 13.6. The van der Waals surface area contributed by atoms with E-state index in [9.17, 15) is 19.5 Å². The number of ketones is 1. The number of para-hydroxylation sites is 1. The van der Waals surface area contributed by atoms with Crippen LogP contribution in [0, 0.1) is 0 Å². The summed E-state index contributed by atoms with van der Waals surface area (Å²) in [7, 11) is 0. The predicted octanol–water partition coefficient (Wildman–Crippen LogP) is 4.08. The molecule has 0 saturated heterocycles. The average molecular weight is 401 g/mol. The Hall–Kier alpha value is -3.93. The molecule has 2 aromatic carbocycles. The molecule has 0 fully saturated rings. The van der Waals surface area contributed by atoms with Crippen molar-refractivity contribution in [3.63, 3.8) is 0 Å². The number of carbonyl (C=O) groups excluding carboxylic acids is 1. The van der Waals surface area contributed by atoms with E-state index in [-0.39, 0.29) is 11.0 Å². The van der Waals surface area contributed by atoms with Crippen molar-refractivity contribution in [3.05, 3.63) is 92.6 Å². The summed E-state index contributed by atoms with van der Waals surface area (Å²) in [6.07, 6.45) is 0.426. The summed E-state index contributed by atoms with van der Waals surface area (Å²) in [5.74, 6) is -1.31. The van der Waals surface area contributed by atoms with Gasteiger partial charge in [0.15, 0.2) is 11.4 Å². The standard InChI is InChI=1S/C24H19NO5/c1-3-17-20(15-10-6-4-7-11-15)25(16-12-8-5-9-13-16)23(28)19-21(27)18(14(2)26)24(29)30-22(17)19/h4-13,27H,3H2,1-2H3. The molecule has 150 valence electrons. The van der Waals surface area contributed by atoms with Crippen molar-refractivity contribution in [1.82, 2.24) is 4.57 Å². The Labute approximate surface area is 171 Å². The van der Waals surface area contributed by atoms with Crippen LogP contribution in [0.4, 0.5) is 0 Å². The smallest absolute Gasteiger partial charge is 0.351 e. The summed E-state index contributed by atoms with van der Waals surface area (Å²) in [6, 6.07) is 18.3. The molecule has 2 aromatic heterocycles. The molecule has 0 aliphatic rings. The van der Waals surface area contributed by atoms with Crippen LogP contribution in [0.5, 0.6) is 5.75 Å². The third-order valence-electron chi connectivity index (χ3n) is 5.07. The number of benzene rings is 2. The van der Waals surface area contributed by atoms with Gasteiger partial charge < -0.3 is 9.52 Å². The van der Waals surface area contributed by atoms with Crippen LogP contribution in [0.2, 0.25) is 0 Å². The SMILES string of the molecule is CCc1c(-c2ccccc2)n(-c2ccccc2)c(=O)c2c(O)c(C(C)=O)c(=O)oc12. The van der Waals surface area contributed by atoms with Crippen LogP contribution >= 0.6 is 0 Å². The normalized spacial score (nSPS) is 11.0. The lowest BCUT2D eigenvalue weighted by molar-refractivity contribution is 0.101. The first-order valence-electron chi connectivity index (χ1n) is 9.55. The number of aromatic nitrogens is 1. The predicted molar refractivity (Wildman–Crippen MR) is 115 cm³/mol.